The highest BCUT2D eigenvalue weighted by molar-refractivity contribution is 5.99. The normalized spacial score (nSPS) is 9.90. The van der Waals surface area contributed by atoms with E-state index in [0.29, 0.717) is 5.69 Å². The number of para-hydroxylation sites is 1. The van der Waals surface area contributed by atoms with E-state index >= 15 is 0 Å². The predicted octanol–water partition coefficient (Wildman–Crippen LogP) is 2.72. The van der Waals surface area contributed by atoms with Crippen LogP contribution in [-0.2, 0) is 9.53 Å². The van der Waals surface area contributed by atoms with Crippen LogP contribution in [0.4, 0.5) is 11.4 Å². The van der Waals surface area contributed by atoms with Crippen molar-refractivity contribution < 1.29 is 28.7 Å². The topological polar surface area (TPSA) is 132 Å². The van der Waals surface area contributed by atoms with Gasteiger partial charge in [-0.2, -0.15) is 5.26 Å². The van der Waals surface area contributed by atoms with Gasteiger partial charge in [0.15, 0.2) is 18.1 Å². The Morgan fingerprint density at radius 2 is 1.90 bits per heavy atom. The van der Waals surface area contributed by atoms with Crippen LogP contribution in [0.25, 0.3) is 0 Å². The summed E-state index contributed by atoms with van der Waals surface area (Å²) in [4.78, 5) is 36.7. The lowest BCUT2D eigenvalue weighted by molar-refractivity contribution is -0.385. The Kier molecular flexibility index (Phi) is 7.70. The van der Waals surface area contributed by atoms with E-state index in [1.165, 1.54) is 7.11 Å². The van der Waals surface area contributed by atoms with Gasteiger partial charge in [-0.15, -0.1) is 0 Å². The van der Waals surface area contributed by atoms with Gasteiger partial charge in [0.2, 0.25) is 0 Å². The lowest BCUT2D eigenvalue weighted by Crippen LogP contribution is -2.35. The highest BCUT2D eigenvalue weighted by Crippen LogP contribution is 2.35. The van der Waals surface area contributed by atoms with Gasteiger partial charge < -0.3 is 14.2 Å². The van der Waals surface area contributed by atoms with Crippen LogP contribution in [0.3, 0.4) is 0 Å². The molecule has 30 heavy (non-hydrogen) atoms. The Morgan fingerprint density at radius 3 is 2.47 bits per heavy atom. The van der Waals surface area contributed by atoms with Gasteiger partial charge in [0.1, 0.15) is 12.1 Å². The second kappa shape index (κ2) is 10.4. The molecule has 156 valence electrons. The molecule has 0 saturated heterocycles. The first-order valence-electron chi connectivity index (χ1n) is 8.81. The first-order chi connectivity index (χ1) is 14.4. The molecule has 0 aromatic heterocycles. The van der Waals surface area contributed by atoms with Crippen molar-refractivity contribution in [3.05, 3.63) is 58.1 Å². The second-order valence-electron chi connectivity index (χ2n) is 5.76. The summed E-state index contributed by atoms with van der Waals surface area (Å²) in [6.45, 7) is 0.971. The number of ether oxygens (including phenoxy) is 3. The predicted molar refractivity (Wildman–Crippen MR) is 106 cm³/mol. The molecule has 0 atom stereocenters. The Balaban J connectivity index is 2.23. The van der Waals surface area contributed by atoms with Gasteiger partial charge in [-0.1, -0.05) is 18.2 Å². The van der Waals surface area contributed by atoms with Crippen LogP contribution in [0.2, 0.25) is 0 Å². The Morgan fingerprint density at radius 1 is 1.20 bits per heavy atom. The average molecular weight is 413 g/mol. The molecule has 0 unspecified atom stereocenters. The van der Waals surface area contributed by atoms with Crippen molar-refractivity contribution in [2.75, 3.05) is 31.8 Å². The molecule has 1 amide bonds. The van der Waals surface area contributed by atoms with Crippen molar-refractivity contribution in [2.45, 2.75) is 6.92 Å². The fraction of sp³-hybridized carbons (Fsp3) is 0.250. The summed E-state index contributed by atoms with van der Waals surface area (Å²) < 4.78 is 15.4. The summed E-state index contributed by atoms with van der Waals surface area (Å²) in [5.74, 6) is -1.53. The number of esters is 1. The van der Waals surface area contributed by atoms with E-state index in [0.717, 1.165) is 17.0 Å². The van der Waals surface area contributed by atoms with Gasteiger partial charge in [0.25, 0.3) is 11.6 Å². The molecule has 0 aliphatic rings. The van der Waals surface area contributed by atoms with Gasteiger partial charge in [0.05, 0.1) is 30.8 Å². The molecule has 0 radical (unpaired) electrons. The third-order valence-electron chi connectivity index (χ3n) is 3.92. The molecule has 0 N–H and O–H groups in total. The molecule has 0 bridgehead atoms. The number of rotatable bonds is 9. The number of nitro groups is 1. The van der Waals surface area contributed by atoms with Crippen molar-refractivity contribution in [3.8, 4) is 17.6 Å². The van der Waals surface area contributed by atoms with Crippen LogP contribution >= 0.6 is 0 Å². The molecule has 0 aliphatic heterocycles. The Bertz CT molecular complexity index is 970. The molecule has 0 saturated carbocycles. The summed E-state index contributed by atoms with van der Waals surface area (Å²) >= 11 is 0. The van der Waals surface area contributed by atoms with Crippen molar-refractivity contribution >= 4 is 23.3 Å². The maximum Gasteiger partial charge on any atom is 0.345 e. The summed E-state index contributed by atoms with van der Waals surface area (Å²) in [6, 6.07) is 12.4. The zero-order valence-electron chi connectivity index (χ0n) is 16.4. The Labute approximate surface area is 172 Å². The zero-order chi connectivity index (χ0) is 22.1. The zero-order valence-corrected chi connectivity index (χ0v) is 16.4. The number of nitro benzene ring substituents is 1. The van der Waals surface area contributed by atoms with Gasteiger partial charge in [-0.25, -0.2) is 4.79 Å². The lowest BCUT2D eigenvalue weighted by Gasteiger charge is -2.19. The smallest absolute Gasteiger partial charge is 0.345 e. The molecule has 2 aromatic rings. The number of anilines is 1. The van der Waals surface area contributed by atoms with Crippen LogP contribution in [0.5, 0.6) is 11.5 Å². The number of nitriles is 1. The largest absolute Gasteiger partial charge is 0.493 e. The lowest BCUT2D eigenvalue weighted by atomic mass is 10.1. The van der Waals surface area contributed by atoms with Gasteiger partial charge in [-0.05, 0) is 19.1 Å². The molecule has 2 aromatic carbocycles. The maximum atomic E-state index is 12.5. The van der Waals surface area contributed by atoms with E-state index in [-0.39, 0.29) is 30.2 Å². The quantitative estimate of drug-likeness (QED) is 0.265. The fourth-order valence-corrected chi connectivity index (χ4v) is 2.58. The van der Waals surface area contributed by atoms with E-state index in [2.05, 4.69) is 0 Å². The number of benzene rings is 2. The van der Waals surface area contributed by atoms with Crippen LogP contribution in [0.1, 0.15) is 17.3 Å². The third kappa shape index (κ3) is 5.23. The van der Waals surface area contributed by atoms with Crippen LogP contribution in [-0.4, -0.2) is 43.7 Å². The van der Waals surface area contributed by atoms with Crippen molar-refractivity contribution in [1.82, 2.24) is 0 Å². The number of hydrogen-bond donors (Lipinski definition) is 0. The molecule has 0 spiro atoms. The number of methoxy groups -OCH3 is 1. The molecule has 2 rings (SSSR count). The summed E-state index contributed by atoms with van der Waals surface area (Å²) in [6.07, 6.45) is 0. The van der Waals surface area contributed by atoms with Gasteiger partial charge >= 0.3 is 5.97 Å². The van der Waals surface area contributed by atoms with Crippen LogP contribution in [0.15, 0.2) is 42.5 Å². The second-order valence-corrected chi connectivity index (χ2v) is 5.76. The van der Waals surface area contributed by atoms with E-state index in [4.69, 9.17) is 19.5 Å². The fourth-order valence-electron chi connectivity index (χ4n) is 2.58. The minimum atomic E-state index is -1.08. The number of nitrogens with zero attached hydrogens (tertiary/aromatic N) is 3. The number of carbonyl (C=O) groups excluding carboxylic acids is 2. The first-order valence-corrected chi connectivity index (χ1v) is 8.81. The number of carbonyl (C=O) groups is 2. The van der Waals surface area contributed by atoms with Crippen molar-refractivity contribution in [3.63, 3.8) is 0 Å². The van der Waals surface area contributed by atoms with Crippen molar-refractivity contribution in [1.29, 1.82) is 5.26 Å². The molecule has 10 heteroatoms. The van der Waals surface area contributed by atoms with E-state index in [9.17, 15) is 19.7 Å². The SMILES string of the molecule is CCOc1cc([N+](=O)[O-])c(C(=O)OCC(=O)N(CC#N)c2ccccc2)cc1OC. The monoisotopic (exact) mass is 413 g/mol. The molecular weight excluding hydrogens is 394 g/mol. The van der Waals surface area contributed by atoms with Gasteiger partial charge in [0, 0.05) is 11.8 Å². The number of amides is 1. The summed E-state index contributed by atoms with van der Waals surface area (Å²) in [5.41, 5.74) is -0.484. The highest BCUT2D eigenvalue weighted by Gasteiger charge is 2.27. The number of hydrogen-bond acceptors (Lipinski definition) is 8. The molecule has 0 aliphatic carbocycles. The van der Waals surface area contributed by atoms with Gasteiger partial charge in [-0.3, -0.25) is 19.8 Å². The molecule has 0 fully saturated rings. The molecular formula is C20H19N3O7. The average Bonchev–Trinajstić information content (AvgIpc) is 2.76. The van der Waals surface area contributed by atoms with E-state index < -0.39 is 29.1 Å². The standard InChI is InChI=1S/C20H19N3O7/c1-3-29-18-12-16(23(26)27)15(11-17(18)28-2)20(25)30-13-19(24)22(10-9-21)14-7-5-4-6-8-14/h4-8,11-12H,3,10,13H2,1-2H3. The molecule has 10 nitrogen and oxygen atoms in total. The molecule has 0 heterocycles. The van der Waals surface area contributed by atoms with Crippen molar-refractivity contribution in [2.24, 2.45) is 0 Å². The highest BCUT2D eigenvalue weighted by atomic mass is 16.6. The minimum absolute atomic E-state index is 0.101. The first kappa shape index (κ1) is 22.2. The summed E-state index contributed by atoms with van der Waals surface area (Å²) in [7, 11) is 1.32. The maximum absolute atomic E-state index is 12.5. The van der Waals surface area contributed by atoms with Crippen LogP contribution < -0.4 is 14.4 Å². The van der Waals surface area contributed by atoms with Crippen LogP contribution in [0, 0.1) is 21.4 Å². The minimum Gasteiger partial charge on any atom is -0.493 e. The van der Waals surface area contributed by atoms with E-state index in [1.54, 1.807) is 37.3 Å². The summed E-state index contributed by atoms with van der Waals surface area (Å²) in [5, 5.41) is 20.4. The third-order valence-corrected chi connectivity index (χ3v) is 3.92. The van der Waals surface area contributed by atoms with E-state index in [1.807, 2.05) is 6.07 Å². The Hall–Kier alpha value is -4.13.